The lowest BCUT2D eigenvalue weighted by molar-refractivity contribution is 0.0802. The Morgan fingerprint density at radius 1 is 1.05 bits per heavy atom. The third kappa shape index (κ3) is 6.65. The molecule has 2 aromatic carbocycles. The van der Waals surface area contributed by atoms with Gasteiger partial charge in [0.15, 0.2) is 11.5 Å². The lowest BCUT2D eigenvalue weighted by Crippen LogP contribution is -2.42. The number of hydrogen-bond acceptors (Lipinski definition) is 8. The number of likely N-dealkylation sites (tertiary alicyclic amines) is 1. The van der Waals surface area contributed by atoms with Crippen molar-refractivity contribution in [2.45, 2.75) is 59.4 Å². The average Bonchev–Trinajstić information content (AvgIpc) is 3.33. The van der Waals surface area contributed by atoms with Gasteiger partial charge in [-0.25, -0.2) is 14.5 Å². The van der Waals surface area contributed by atoms with Gasteiger partial charge in [0.1, 0.15) is 0 Å². The number of carbonyl (C=O) groups is 1. The quantitative estimate of drug-likeness (QED) is 0.212. The van der Waals surface area contributed by atoms with Gasteiger partial charge in [0.25, 0.3) is 0 Å². The number of rotatable bonds is 9. The molecule has 2 N–H and O–H groups in total. The molecule has 10 heteroatoms. The normalized spacial score (nSPS) is 15.8. The molecule has 0 aliphatic carbocycles. The van der Waals surface area contributed by atoms with Gasteiger partial charge in [-0.1, -0.05) is 37.6 Å². The number of aromatic nitrogens is 4. The molecule has 0 saturated carbocycles. The summed E-state index contributed by atoms with van der Waals surface area (Å²) >= 11 is 0. The van der Waals surface area contributed by atoms with E-state index in [0.717, 1.165) is 93.1 Å². The summed E-state index contributed by atoms with van der Waals surface area (Å²) in [5.74, 6) is 1.92. The van der Waals surface area contributed by atoms with E-state index in [1.807, 2.05) is 18.1 Å². The van der Waals surface area contributed by atoms with E-state index in [1.165, 1.54) is 22.3 Å². The fraction of sp³-hybridized carbons (Fsp3) is 0.471. The van der Waals surface area contributed by atoms with Crippen molar-refractivity contribution >= 4 is 40.3 Å². The van der Waals surface area contributed by atoms with Crippen LogP contribution in [0.1, 0.15) is 54.9 Å². The molecule has 1 saturated heterocycles. The van der Waals surface area contributed by atoms with Crippen LogP contribution in [0.2, 0.25) is 0 Å². The third-order valence-corrected chi connectivity index (χ3v) is 8.97. The number of nitrogens with one attached hydrogen (secondary N) is 2. The summed E-state index contributed by atoms with van der Waals surface area (Å²) in [6.45, 7) is 11.5. The second-order valence-corrected chi connectivity index (χ2v) is 12.3. The molecule has 232 valence electrons. The lowest BCUT2D eigenvalue weighted by Gasteiger charge is -2.36. The number of ether oxygens (including phenoxy) is 1. The molecule has 6 rings (SSSR count). The molecule has 2 aromatic heterocycles. The maximum Gasteiger partial charge on any atom is 0.409 e. The fourth-order valence-electron chi connectivity index (χ4n) is 6.35. The van der Waals surface area contributed by atoms with Crippen LogP contribution in [0.15, 0.2) is 42.6 Å². The van der Waals surface area contributed by atoms with Crippen LogP contribution in [0, 0.1) is 19.8 Å². The highest BCUT2D eigenvalue weighted by molar-refractivity contribution is 5.90. The van der Waals surface area contributed by atoms with Crippen molar-refractivity contribution in [1.29, 1.82) is 0 Å². The zero-order chi connectivity index (χ0) is 30.6. The summed E-state index contributed by atoms with van der Waals surface area (Å²) < 4.78 is 7.20. The molecular weight excluding hydrogens is 552 g/mol. The number of benzene rings is 2. The maximum absolute atomic E-state index is 12.3. The SMILES string of the molecule is CCCCOC(=O)N1CCC(CN2CCc3cc(Nc4ncc5c(Nc6c(C)cccc6C)nn(C)c5n4)ccc3C2)CC1. The maximum atomic E-state index is 12.3. The van der Waals surface area contributed by atoms with Crippen LogP contribution in [0.25, 0.3) is 11.0 Å². The summed E-state index contributed by atoms with van der Waals surface area (Å²) in [6.07, 6.45) is 6.76. The topological polar surface area (TPSA) is 100 Å². The minimum absolute atomic E-state index is 0.145. The van der Waals surface area contributed by atoms with Gasteiger partial charge >= 0.3 is 6.09 Å². The van der Waals surface area contributed by atoms with Crippen molar-refractivity contribution in [1.82, 2.24) is 29.5 Å². The minimum atomic E-state index is -0.145. The zero-order valence-electron chi connectivity index (χ0n) is 26.4. The molecule has 4 heterocycles. The summed E-state index contributed by atoms with van der Waals surface area (Å²) in [5.41, 5.74) is 7.91. The summed E-state index contributed by atoms with van der Waals surface area (Å²) in [7, 11) is 1.91. The number of hydrogen-bond donors (Lipinski definition) is 2. The summed E-state index contributed by atoms with van der Waals surface area (Å²) in [5, 5.41) is 12.5. The summed E-state index contributed by atoms with van der Waals surface area (Å²) in [6, 6.07) is 12.8. The smallest absolute Gasteiger partial charge is 0.409 e. The van der Waals surface area contributed by atoms with Gasteiger partial charge in [0.2, 0.25) is 5.95 Å². The highest BCUT2D eigenvalue weighted by Gasteiger charge is 2.26. The Bertz CT molecular complexity index is 1610. The van der Waals surface area contributed by atoms with E-state index in [2.05, 4.69) is 77.7 Å². The predicted molar refractivity (Wildman–Crippen MR) is 175 cm³/mol. The van der Waals surface area contributed by atoms with Crippen molar-refractivity contribution in [3.05, 3.63) is 64.8 Å². The molecule has 10 nitrogen and oxygen atoms in total. The first-order valence-electron chi connectivity index (χ1n) is 15.9. The van der Waals surface area contributed by atoms with Crippen molar-refractivity contribution in [3.8, 4) is 0 Å². The molecule has 0 radical (unpaired) electrons. The Morgan fingerprint density at radius 3 is 2.61 bits per heavy atom. The Hall–Kier alpha value is -4.18. The van der Waals surface area contributed by atoms with Gasteiger partial charge in [-0.3, -0.25) is 4.90 Å². The van der Waals surface area contributed by atoms with E-state index in [-0.39, 0.29) is 6.09 Å². The first-order valence-corrected chi connectivity index (χ1v) is 15.9. The first kappa shape index (κ1) is 29.9. The molecule has 44 heavy (non-hydrogen) atoms. The Labute approximate surface area is 259 Å². The summed E-state index contributed by atoms with van der Waals surface area (Å²) in [4.78, 5) is 26.2. The van der Waals surface area contributed by atoms with E-state index in [4.69, 9.17) is 14.8 Å². The number of aryl methyl sites for hydroxylation is 3. The van der Waals surface area contributed by atoms with Crippen molar-refractivity contribution < 1.29 is 9.53 Å². The number of anilines is 4. The van der Waals surface area contributed by atoms with E-state index >= 15 is 0 Å². The zero-order valence-corrected chi connectivity index (χ0v) is 26.4. The first-order chi connectivity index (χ1) is 21.4. The number of amides is 1. The van der Waals surface area contributed by atoms with Crippen LogP contribution >= 0.6 is 0 Å². The number of fused-ring (bicyclic) bond motifs is 2. The van der Waals surface area contributed by atoms with E-state index < -0.39 is 0 Å². The van der Waals surface area contributed by atoms with Crippen LogP contribution in [0.4, 0.5) is 27.9 Å². The number of para-hydroxylation sites is 1. The fourth-order valence-corrected chi connectivity index (χ4v) is 6.35. The third-order valence-electron chi connectivity index (χ3n) is 8.97. The van der Waals surface area contributed by atoms with Crippen LogP contribution in [-0.2, 0) is 24.8 Å². The predicted octanol–water partition coefficient (Wildman–Crippen LogP) is 6.47. The van der Waals surface area contributed by atoms with Gasteiger partial charge in [-0.15, -0.1) is 0 Å². The second kappa shape index (κ2) is 13.2. The van der Waals surface area contributed by atoms with Crippen LogP contribution < -0.4 is 10.6 Å². The molecule has 4 aromatic rings. The molecule has 0 bridgehead atoms. The van der Waals surface area contributed by atoms with Gasteiger partial charge in [-0.05, 0) is 79.8 Å². The van der Waals surface area contributed by atoms with E-state index in [9.17, 15) is 4.79 Å². The minimum Gasteiger partial charge on any atom is -0.449 e. The highest BCUT2D eigenvalue weighted by atomic mass is 16.6. The van der Waals surface area contributed by atoms with E-state index in [1.54, 1.807) is 4.68 Å². The van der Waals surface area contributed by atoms with Crippen molar-refractivity contribution in [2.75, 3.05) is 43.4 Å². The number of carbonyl (C=O) groups excluding carboxylic acids is 1. The number of nitrogens with zero attached hydrogens (tertiary/aromatic N) is 6. The highest BCUT2D eigenvalue weighted by Crippen LogP contribution is 2.30. The molecule has 2 aliphatic heterocycles. The van der Waals surface area contributed by atoms with Crippen molar-refractivity contribution in [2.24, 2.45) is 13.0 Å². The van der Waals surface area contributed by atoms with Gasteiger partial charge < -0.3 is 20.3 Å². The van der Waals surface area contributed by atoms with Crippen LogP contribution in [0.3, 0.4) is 0 Å². The lowest BCUT2D eigenvalue weighted by atomic mass is 9.94. The number of unbranched alkanes of at least 4 members (excludes halogenated alkanes) is 1. The van der Waals surface area contributed by atoms with E-state index in [0.29, 0.717) is 18.5 Å². The molecule has 0 atom stereocenters. The Balaban J connectivity index is 1.05. The monoisotopic (exact) mass is 596 g/mol. The molecular formula is C34H44N8O2. The van der Waals surface area contributed by atoms with Crippen LogP contribution in [-0.4, -0.2) is 68.4 Å². The van der Waals surface area contributed by atoms with Gasteiger partial charge in [0.05, 0.1) is 12.0 Å². The standard InChI is InChI=1S/C34H44N8O2/c1-5-6-18-44-34(43)42-16-12-25(13-17-42)21-41-15-14-26-19-28(11-10-27(26)22-41)36-33-35-20-29-31(39-40(4)32(29)38-33)37-30-23(2)8-7-9-24(30)3/h7-11,19-20,25H,5-6,12-18,21-22H2,1-4H3,(H,37,39)(H,35,36,38). The Morgan fingerprint density at radius 2 is 1.84 bits per heavy atom. The van der Waals surface area contributed by atoms with Gasteiger partial charge in [0, 0.05) is 57.3 Å². The molecule has 2 aliphatic rings. The van der Waals surface area contributed by atoms with Gasteiger partial charge in [-0.2, -0.15) is 10.1 Å². The largest absolute Gasteiger partial charge is 0.449 e. The van der Waals surface area contributed by atoms with Crippen molar-refractivity contribution in [3.63, 3.8) is 0 Å². The molecule has 0 spiro atoms. The molecule has 1 amide bonds. The Kier molecular flexibility index (Phi) is 8.97. The van der Waals surface area contributed by atoms with Crippen LogP contribution in [0.5, 0.6) is 0 Å². The molecule has 0 unspecified atom stereocenters. The molecule has 1 fully saturated rings. The second-order valence-electron chi connectivity index (χ2n) is 12.3. The average molecular weight is 597 g/mol. The number of piperidine rings is 1.